The van der Waals surface area contributed by atoms with Gasteiger partial charge in [0.2, 0.25) is 0 Å². The number of nitrogens with zero attached hydrogens (tertiary/aromatic N) is 2. The molecule has 0 atom stereocenters. The molecule has 2 aromatic carbocycles. The lowest BCUT2D eigenvalue weighted by molar-refractivity contribution is -0.115. The second kappa shape index (κ2) is 8.13. The van der Waals surface area contributed by atoms with Crippen LogP contribution in [0.2, 0.25) is 5.02 Å². The number of thioether (sulfide) groups is 1. The van der Waals surface area contributed by atoms with Crippen LogP contribution in [-0.4, -0.2) is 15.6 Å². The number of rotatable bonds is 3. The second-order valence-electron chi connectivity index (χ2n) is 7.03. The van der Waals surface area contributed by atoms with Crippen molar-refractivity contribution in [3.05, 3.63) is 86.8 Å². The molecule has 2 heterocycles. The van der Waals surface area contributed by atoms with Crippen molar-refractivity contribution >= 4 is 46.2 Å². The zero-order valence-corrected chi connectivity index (χ0v) is 18.2. The van der Waals surface area contributed by atoms with E-state index in [1.165, 1.54) is 17.8 Å². The minimum atomic E-state index is -0.433. The summed E-state index contributed by atoms with van der Waals surface area (Å²) in [6, 6.07) is 14.2. The number of para-hydroxylation sites is 1. The SMILES string of the molecule is Cc1ccc(-n2c(C)cc(/C=C3\SC(=Nc4ccccc4F)NC3=O)c2C)cc1Cl. The van der Waals surface area contributed by atoms with Gasteiger partial charge in [0, 0.05) is 22.1 Å². The molecule has 0 aliphatic carbocycles. The first-order chi connectivity index (χ1) is 14.3. The third-order valence-electron chi connectivity index (χ3n) is 4.90. The zero-order chi connectivity index (χ0) is 21.4. The Labute approximate surface area is 183 Å². The van der Waals surface area contributed by atoms with E-state index >= 15 is 0 Å². The lowest BCUT2D eigenvalue weighted by Gasteiger charge is -2.11. The number of hydrogen-bond donors (Lipinski definition) is 1. The quantitative estimate of drug-likeness (QED) is 0.502. The van der Waals surface area contributed by atoms with Gasteiger partial charge >= 0.3 is 0 Å². The highest BCUT2D eigenvalue weighted by molar-refractivity contribution is 8.18. The lowest BCUT2D eigenvalue weighted by atomic mass is 10.2. The molecule has 4 rings (SSSR count). The summed E-state index contributed by atoms with van der Waals surface area (Å²) in [6.07, 6.45) is 1.83. The predicted octanol–water partition coefficient (Wildman–Crippen LogP) is 6.09. The van der Waals surface area contributed by atoms with Gasteiger partial charge in [0.15, 0.2) is 5.17 Å². The molecule has 7 heteroatoms. The Morgan fingerprint density at radius 2 is 1.90 bits per heavy atom. The number of benzene rings is 2. The monoisotopic (exact) mass is 439 g/mol. The molecule has 0 spiro atoms. The molecular weight excluding hydrogens is 421 g/mol. The van der Waals surface area contributed by atoms with Crippen molar-refractivity contribution in [2.24, 2.45) is 4.99 Å². The first-order valence-electron chi connectivity index (χ1n) is 9.33. The molecule has 1 saturated heterocycles. The van der Waals surface area contributed by atoms with Gasteiger partial charge in [-0.2, -0.15) is 0 Å². The number of carbonyl (C=O) groups is 1. The van der Waals surface area contributed by atoms with E-state index in [9.17, 15) is 9.18 Å². The molecule has 0 radical (unpaired) electrons. The molecule has 1 aliphatic rings. The van der Waals surface area contributed by atoms with E-state index in [1.807, 2.05) is 51.1 Å². The van der Waals surface area contributed by atoms with Crippen LogP contribution in [0.5, 0.6) is 0 Å². The Hall–Kier alpha value is -2.83. The molecule has 30 heavy (non-hydrogen) atoms. The van der Waals surface area contributed by atoms with Crippen molar-refractivity contribution in [3.8, 4) is 5.69 Å². The molecular formula is C23H19ClFN3OS. The number of carbonyl (C=O) groups excluding carboxylic acids is 1. The van der Waals surface area contributed by atoms with Crippen LogP contribution >= 0.6 is 23.4 Å². The number of aryl methyl sites for hydroxylation is 2. The Kier molecular flexibility index (Phi) is 5.54. The van der Waals surface area contributed by atoms with Gasteiger partial charge in [0.05, 0.1) is 4.91 Å². The minimum Gasteiger partial charge on any atom is -0.318 e. The summed E-state index contributed by atoms with van der Waals surface area (Å²) in [5, 5.41) is 3.77. The maximum Gasteiger partial charge on any atom is 0.264 e. The molecule has 0 saturated carbocycles. The average Bonchev–Trinajstić information content (AvgIpc) is 3.18. The number of amidine groups is 1. The molecule has 1 aliphatic heterocycles. The van der Waals surface area contributed by atoms with Crippen molar-refractivity contribution in [2.75, 3.05) is 0 Å². The number of hydrogen-bond acceptors (Lipinski definition) is 3. The standard InChI is InChI=1S/C23H19ClFN3OS/c1-13-8-9-17(12-18(13)24)28-14(2)10-16(15(28)3)11-21-22(29)27-23(30-21)26-20-7-5-4-6-19(20)25/h4-12H,1-3H3,(H,26,27,29)/b21-11-. The van der Waals surface area contributed by atoms with Crippen LogP contribution < -0.4 is 5.32 Å². The van der Waals surface area contributed by atoms with E-state index in [0.717, 1.165) is 28.2 Å². The highest BCUT2D eigenvalue weighted by Gasteiger charge is 2.25. The zero-order valence-electron chi connectivity index (χ0n) is 16.7. The fourth-order valence-corrected chi connectivity index (χ4v) is 4.33. The maximum atomic E-state index is 13.8. The Balaban J connectivity index is 1.66. The van der Waals surface area contributed by atoms with Crippen LogP contribution in [0.25, 0.3) is 11.8 Å². The van der Waals surface area contributed by atoms with Gasteiger partial charge in [-0.05, 0) is 80.1 Å². The highest BCUT2D eigenvalue weighted by Crippen LogP contribution is 2.31. The molecule has 0 bridgehead atoms. The fraction of sp³-hybridized carbons (Fsp3) is 0.130. The summed E-state index contributed by atoms with van der Waals surface area (Å²) < 4.78 is 15.9. The van der Waals surface area contributed by atoms with Crippen molar-refractivity contribution in [1.82, 2.24) is 9.88 Å². The largest absolute Gasteiger partial charge is 0.318 e. The molecule has 1 amide bonds. The summed E-state index contributed by atoms with van der Waals surface area (Å²) in [6.45, 7) is 5.97. The van der Waals surface area contributed by atoms with E-state index in [2.05, 4.69) is 14.9 Å². The molecule has 1 fully saturated rings. The minimum absolute atomic E-state index is 0.191. The maximum absolute atomic E-state index is 13.8. The number of aromatic nitrogens is 1. The van der Waals surface area contributed by atoms with Crippen LogP contribution in [0.15, 0.2) is 58.4 Å². The molecule has 1 N–H and O–H groups in total. The summed E-state index contributed by atoms with van der Waals surface area (Å²) in [7, 11) is 0. The Morgan fingerprint density at radius 3 is 2.63 bits per heavy atom. The first kappa shape index (κ1) is 20.4. The van der Waals surface area contributed by atoms with Crippen molar-refractivity contribution < 1.29 is 9.18 Å². The van der Waals surface area contributed by atoms with Gasteiger partial charge in [-0.25, -0.2) is 9.38 Å². The molecule has 152 valence electrons. The lowest BCUT2D eigenvalue weighted by Crippen LogP contribution is -2.19. The topological polar surface area (TPSA) is 46.4 Å². The summed E-state index contributed by atoms with van der Waals surface area (Å²) >= 11 is 7.50. The number of amides is 1. The van der Waals surface area contributed by atoms with E-state index in [1.54, 1.807) is 18.2 Å². The number of aliphatic imine (C=N–C) groups is 1. The third kappa shape index (κ3) is 3.93. The van der Waals surface area contributed by atoms with Crippen LogP contribution in [0.4, 0.5) is 10.1 Å². The van der Waals surface area contributed by atoms with Crippen molar-refractivity contribution in [1.29, 1.82) is 0 Å². The van der Waals surface area contributed by atoms with Gasteiger partial charge < -0.3 is 9.88 Å². The molecule has 1 aromatic heterocycles. The van der Waals surface area contributed by atoms with Gasteiger partial charge in [-0.15, -0.1) is 0 Å². The Bertz CT molecular complexity index is 1230. The van der Waals surface area contributed by atoms with Gasteiger partial charge in [-0.3, -0.25) is 4.79 Å². The fourth-order valence-electron chi connectivity index (χ4n) is 3.33. The first-order valence-corrected chi connectivity index (χ1v) is 10.5. The van der Waals surface area contributed by atoms with Gasteiger partial charge in [0.25, 0.3) is 5.91 Å². The average molecular weight is 440 g/mol. The van der Waals surface area contributed by atoms with E-state index < -0.39 is 5.82 Å². The van der Waals surface area contributed by atoms with Crippen LogP contribution in [0.3, 0.4) is 0 Å². The van der Waals surface area contributed by atoms with E-state index in [4.69, 9.17) is 11.6 Å². The van der Waals surface area contributed by atoms with Crippen molar-refractivity contribution in [3.63, 3.8) is 0 Å². The molecule has 3 aromatic rings. The normalized spacial score (nSPS) is 16.5. The third-order valence-corrected chi connectivity index (χ3v) is 6.21. The van der Waals surface area contributed by atoms with Crippen molar-refractivity contribution in [2.45, 2.75) is 20.8 Å². The van der Waals surface area contributed by atoms with E-state index in [-0.39, 0.29) is 11.6 Å². The van der Waals surface area contributed by atoms with E-state index in [0.29, 0.717) is 15.1 Å². The van der Waals surface area contributed by atoms with Gasteiger partial charge in [-0.1, -0.05) is 29.8 Å². The van der Waals surface area contributed by atoms with Crippen LogP contribution in [0, 0.1) is 26.6 Å². The molecule has 4 nitrogen and oxygen atoms in total. The van der Waals surface area contributed by atoms with Crippen LogP contribution in [-0.2, 0) is 4.79 Å². The number of halogens is 2. The predicted molar refractivity (Wildman–Crippen MR) is 122 cm³/mol. The summed E-state index contributed by atoms with van der Waals surface area (Å²) in [5.41, 5.74) is 5.13. The van der Waals surface area contributed by atoms with Gasteiger partial charge in [0.1, 0.15) is 11.5 Å². The number of nitrogens with one attached hydrogen (secondary N) is 1. The molecule has 0 unspecified atom stereocenters. The summed E-state index contributed by atoms with van der Waals surface area (Å²) in [5.74, 6) is -0.684. The smallest absolute Gasteiger partial charge is 0.264 e. The Morgan fingerprint density at radius 1 is 1.13 bits per heavy atom. The van der Waals surface area contributed by atoms with Crippen LogP contribution in [0.1, 0.15) is 22.5 Å². The highest BCUT2D eigenvalue weighted by atomic mass is 35.5. The second-order valence-corrected chi connectivity index (χ2v) is 8.47. The summed E-state index contributed by atoms with van der Waals surface area (Å²) in [4.78, 5) is 17.1.